The Hall–Kier alpha value is -1.39. The second-order valence-corrected chi connectivity index (χ2v) is 6.17. The van der Waals surface area contributed by atoms with Crippen LogP contribution in [0.5, 0.6) is 0 Å². The summed E-state index contributed by atoms with van der Waals surface area (Å²) in [7, 11) is 0. The Morgan fingerprint density at radius 1 is 1.38 bits per heavy atom. The molecule has 0 aromatic heterocycles. The molecule has 0 radical (unpaired) electrons. The number of carbonyl (C=O) groups is 1. The zero-order valence-electron chi connectivity index (χ0n) is 12.5. The van der Waals surface area contributed by atoms with Crippen LogP contribution in [-0.2, 0) is 28.8 Å². The SMILES string of the molecule is CC1COC(CO)CN1C(=O)Cc1ccc2c(c1)CCC2. The van der Waals surface area contributed by atoms with Gasteiger partial charge in [0.25, 0.3) is 0 Å². The first kappa shape index (κ1) is 14.5. The highest BCUT2D eigenvalue weighted by atomic mass is 16.5. The fourth-order valence-corrected chi connectivity index (χ4v) is 3.29. The van der Waals surface area contributed by atoms with Crippen LogP contribution < -0.4 is 0 Å². The Kier molecular flexibility index (Phi) is 4.27. The van der Waals surface area contributed by atoms with Gasteiger partial charge >= 0.3 is 0 Å². The van der Waals surface area contributed by atoms with E-state index >= 15 is 0 Å². The lowest BCUT2D eigenvalue weighted by molar-refractivity contribution is -0.145. The van der Waals surface area contributed by atoms with Gasteiger partial charge in [0.2, 0.25) is 5.91 Å². The number of aryl methyl sites for hydroxylation is 2. The summed E-state index contributed by atoms with van der Waals surface area (Å²) in [5, 5.41) is 9.21. The third-order valence-electron chi connectivity index (χ3n) is 4.55. The largest absolute Gasteiger partial charge is 0.394 e. The molecule has 2 aliphatic rings. The molecule has 114 valence electrons. The number of fused-ring (bicyclic) bond motifs is 1. The molecule has 1 heterocycles. The first-order chi connectivity index (χ1) is 10.2. The summed E-state index contributed by atoms with van der Waals surface area (Å²) in [5.41, 5.74) is 3.94. The number of aliphatic hydroxyl groups excluding tert-OH is 1. The van der Waals surface area contributed by atoms with Crippen molar-refractivity contribution in [2.45, 2.75) is 44.8 Å². The van der Waals surface area contributed by atoms with E-state index in [1.165, 1.54) is 24.0 Å². The van der Waals surface area contributed by atoms with Crippen LogP contribution in [0.1, 0.15) is 30.0 Å². The van der Waals surface area contributed by atoms with Crippen molar-refractivity contribution >= 4 is 5.91 Å². The summed E-state index contributed by atoms with van der Waals surface area (Å²) in [6.45, 7) is 2.95. The Balaban J connectivity index is 1.67. The van der Waals surface area contributed by atoms with Gasteiger partial charge in [-0.05, 0) is 42.9 Å². The van der Waals surface area contributed by atoms with Gasteiger partial charge in [-0.15, -0.1) is 0 Å². The molecular weight excluding hydrogens is 266 g/mol. The number of ether oxygens (including phenoxy) is 1. The maximum absolute atomic E-state index is 12.5. The zero-order valence-corrected chi connectivity index (χ0v) is 12.5. The average Bonchev–Trinajstić information content (AvgIpc) is 2.95. The summed E-state index contributed by atoms with van der Waals surface area (Å²) in [4.78, 5) is 14.4. The number of carbonyl (C=O) groups excluding carboxylic acids is 1. The minimum atomic E-state index is -0.245. The van der Waals surface area contributed by atoms with Gasteiger partial charge in [-0.3, -0.25) is 4.79 Å². The van der Waals surface area contributed by atoms with E-state index in [-0.39, 0.29) is 24.7 Å². The van der Waals surface area contributed by atoms with Crippen LogP contribution in [-0.4, -0.2) is 47.8 Å². The molecule has 1 fully saturated rings. The smallest absolute Gasteiger partial charge is 0.227 e. The number of aliphatic hydroxyl groups is 1. The van der Waals surface area contributed by atoms with E-state index in [1.54, 1.807) is 0 Å². The van der Waals surface area contributed by atoms with Crippen molar-refractivity contribution in [3.63, 3.8) is 0 Å². The second kappa shape index (κ2) is 6.16. The molecule has 4 heteroatoms. The molecule has 2 unspecified atom stereocenters. The first-order valence-electron chi connectivity index (χ1n) is 7.80. The van der Waals surface area contributed by atoms with E-state index in [2.05, 4.69) is 18.2 Å². The van der Waals surface area contributed by atoms with Crippen molar-refractivity contribution in [1.82, 2.24) is 4.90 Å². The second-order valence-electron chi connectivity index (χ2n) is 6.17. The van der Waals surface area contributed by atoms with Crippen LogP contribution in [0.3, 0.4) is 0 Å². The Morgan fingerprint density at radius 2 is 2.19 bits per heavy atom. The standard InChI is InChI=1S/C17H23NO3/c1-12-11-21-16(10-19)9-18(12)17(20)8-13-5-6-14-3-2-4-15(14)7-13/h5-7,12,16,19H,2-4,8-11H2,1H3. The van der Waals surface area contributed by atoms with Crippen LogP contribution in [0, 0.1) is 0 Å². The lowest BCUT2D eigenvalue weighted by atomic mass is 10.0. The molecule has 1 aliphatic carbocycles. The summed E-state index contributed by atoms with van der Waals surface area (Å²) >= 11 is 0. The molecule has 4 nitrogen and oxygen atoms in total. The van der Waals surface area contributed by atoms with Crippen molar-refractivity contribution in [3.8, 4) is 0 Å². The van der Waals surface area contributed by atoms with Gasteiger partial charge in [0.05, 0.1) is 31.8 Å². The Morgan fingerprint density at radius 3 is 3.00 bits per heavy atom. The van der Waals surface area contributed by atoms with Gasteiger partial charge in [-0.1, -0.05) is 18.2 Å². The number of hydrogen-bond acceptors (Lipinski definition) is 3. The van der Waals surface area contributed by atoms with Crippen molar-refractivity contribution in [3.05, 3.63) is 34.9 Å². The molecule has 0 spiro atoms. The van der Waals surface area contributed by atoms with Crippen LogP contribution in [0.4, 0.5) is 0 Å². The van der Waals surface area contributed by atoms with Gasteiger partial charge in [0.15, 0.2) is 0 Å². The maximum atomic E-state index is 12.5. The van der Waals surface area contributed by atoms with E-state index in [0.29, 0.717) is 19.6 Å². The van der Waals surface area contributed by atoms with E-state index in [1.807, 2.05) is 11.8 Å². The predicted octanol–water partition coefficient (Wildman–Crippen LogP) is 1.33. The summed E-state index contributed by atoms with van der Waals surface area (Å²) in [6.07, 6.45) is 3.73. The number of morpholine rings is 1. The Labute approximate surface area is 125 Å². The fraction of sp³-hybridized carbons (Fsp3) is 0.588. The van der Waals surface area contributed by atoms with E-state index < -0.39 is 0 Å². The monoisotopic (exact) mass is 289 g/mol. The quantitative estimate of drug-likeness (QED) is 0.913. The number of hydrogen-bond donors (Lipinski definition) is 1. The molecule has 0 bridgehead atoms. The number of rotatable bonds is 3. The van der Waals surface area contributed by atoms with E-state index in [4.69, 9.17) is 4.74 Å². The number of amides is 1. The van der Waals surface area contributed by atoms with Gasteiger partial charge in [-0.25, -0.2) is 0 Å². The van der Waals surface area contributed by atoms with Gasteiger partial charge in [0.1, 0.15) is 0 Å². The third kappa shape index (κ3) is 3.11. The van der Waals surface area contributed by atoms with Gasteiger partial charge in [-0.2, -0.15) is 0 Å². The van der Waals surface area contributed by atoms with E-state index in [9.17, 15) is 9.90 Å². The third-order valence-corrected chi connectivity index (χ3v) is 4.55. The molecule has 3 rings (SSSR count). The number of benzene rings is 1. The summed E-state index contributed by atoms with van der Waals surface area (Å²) < 4.78 is 5.49. The molecule has 21 heavy (non-hydrogen) atoms. The minimum Gasteiger partial charge on any atom is -0.394 e. The highest BCUT2D eigenvalue weighted by molar-refractivity contribution is 5.79. The van der Waals surface area contributed by atoms with Gasteiger partial charge < -0.3 is 14.7 Å². The van der Waals surface area contributed by atoms with Crippen molar-refractivity contribution in [1.29, 1.82) is 0 Å². The molecule has 1 aromatic carbocycles. The molecule has 1 N–H and O–H groups in total. The van der Waals surface area contributed by atoms with Crippen LogP contribution in [0.2, 0.25) is 0 Å². The molecule has 1 aliphatic heterocycles. The molecule has 2 atom stereocenters. The summed E-state index contributed by atoms with van der Waals surface area (Å²) in [6, 6.07) is 6.52. The van der Waals surface area contributed by atoms with Crippen molar-refractivity contribution in [2.75, 3.05) is 19.8 Å². The Bertz CT molecular complexity index is 529. The molecule has 1 saturated heterocycles. The predicted molar refractivity (Wildman–Crippen MR) is 80.2 cm³/mol. The summed E-state index contributed by atoms with van der Waals surface area (Å²) in [5.74, 6) is 0.127. The van der Waals surface area contributed by atoms with Crippen LogP contribution >= 0.6 is 0 Å². The van der Waals surface area contributed by atoms with Crippen LogP contribution in [0.15, 0.2) is 18.2 Å². The maximum Gasteiger partial charge on any atom is 0.227 e. The lowest BCUT2D eigenvalue weighted by Crippen LogP contribution is -2.52. The topological polar surface area (TPSA) is 49.8 Å². The van der Waals surface area contributed by atoms with Crippen LogP contribution in [0.25, 0.3) is 0 Å². The number of nitrogens with zero attached hydrogens (tertiary/aromatic N) is 1. The molecule has 1 aromatic rings. The lowest BCUT2D eigenvalue weighted by Gasteiger charge is -2.37. The van der Waals surface area contributed by atoms with E-state index in [0.717, 1.165) is 12.0 Å². The zero-order chi connectivity index (χ0) is 14.8. The normalized spacial score (nSPS) is 25.0. The first-order valence-corrected chi connectivity index (χ1v) is 7.80. The van der Waals surface area contributed by atoms with Crippen molar-refractivity contribution < 1.29 is 14.6 Å². The molecule has 1 amide bonds. The highest BCUT2D eigenvalue weighted by Gasteiger charge is 2.29. The molecule has 0 saturated carbocycles. The minimum absolute atomic E-state index is 0.0324. The fourth-order valence-electron chi connectivity index (χ4n) is 3.29. The van der Waals surface area contributed by atoms with Gasteiger partial charge in [0, 0.05) is 6.54 Å². The van der Waals surface area contributed by atoms with Crippen molar-refractivity contribution in [2.24, 2.45) is 0 Å². The average molecular weight is 289 g/mol. The molecular formula is C17H23NO3. The highest BCUT2D eigenvalue weighted by Crippen LogP contribution is 2.23.